The smallest absolute Gasteiger partial charge is 0.137 e. The van der Waals surface area contributed by atoms with Crippen molar-refractivity contribution in [2.45, 2.75) is 0 Å². The van der Waals surface area contributed by atoms with E-state index in [2.05, 4.69) is 185 Å². The van der Waals surface area contributed by atoms with Crippen LogP contribution in [0.1, 0.15) is 0 Å². The number of aromatic nitrogens is 2. The standard InChI is InChI=1S/C54H32N2O2/c1-2-14-33(15-3-1)35-16-4-8-21-41(35)55-42-22-9-5-18-38(42)53-45(55)29-30-46-54(53)52-36(34-28-31-49-40(32-34)37-17-6-10-25-47(37)57-49)20-12-23-44(52)56(46)43-24-13-27-50-51(43)39-19-7-11-26-48(39)58-50/h1-32H. The second-order valence-electron chi connectivity index (χ2n) is 15.2. The molecular weight excluding hydrogens is 709 g/mol. The van der Waals surface area contributed by atoms with Crippen molar-refractivity contribution < 1.29 is 8.83 Å². The number of hydrogen-bond acceptors (Lipinski definition) is 2. The monoisotopic (exact) mass is 740 g/mol. The van der Waals surface area contributed by atoms with Gasteiger partial charge in [0.15, 0.2) is 0 Å². The van der Waals surface area contributed by atoms with Crippen molar-refractivity contribution in [1.29, 1.82) is 0 Å². The van der Waals surface area contributed by atoms with Gasteiger partial charge in [-0.3, -0.25) is 0 Å². The van der Waals surface area contributed by atoms with Gasteiger partial charge in [-0.25, -0.2) is 0 Å². The number of para-hydroxylation sites is 4. The minimum absolute atomic E-state index is 0.873. The number of hydrogen-bond donors (Lipinski definition) is 0. The first kappa shape index (κ1) is 31.4. The van der Waals surface area contributed by atoms with Gasteiger partial charge in [0.1, 0.15) is 22.3 Å². The van der Waals surface area contributed by atoms with Gasteiger partial charge in [0.25, 0.3) is 0 Å². The molecule has 0 unspecified atom stereocenters. The summed E-state index contributed by atoms with van der Waals surface area (Å²) in [6.07, 6.45) is 0. The topological polar surface area (TPSA) is 36.1 Å². The Balaban J connectivity index is 1.21. The normalized spacial score (nSPS) is 12.1. The van der Waals surface area contributed by atoms with E-state index >= 15 is 0 Å². The molecule has 4 heteroatoms. The Morgan fingerprint density at radius 1 is 0.276 bits per heavy atom. The highest BCUT2D eigenvalue weighted by Gasteiger charge is 2.25. The molecule has 58 heavy (non-hydrogen) atoms. The highest BCUT2D eigenvalue weighted by Crippen LogP contribution is 2.48. The van der Waals surface area contributed by atoms with Gasteiger partial charge in [-0.05, 0) is 83.4 Å². The summed E-state index contributed by atoms with van der Waals surface area (Å²) in [5.74, 6) is 0. The maximum atomic E-state index is 6.48. The number of furan rings is 2. The third-order valence-electron chi connectivity index (χ3n) is 12.1. The second kappa shape index (κ2) is 11.8. The Morgan fingerprint density at radius 2 is 0.845 bits per heavy atom. The SMILES string of the molecule is c1ccc(-c2ccccc2-n2c3ccccc3c3c4c5c(-c6ccc7oc8ccccc8c7c6)cccc5n(-c5cccc6oc7ccccc7c56)c4ccc32)cc1. The van der Waals surface area contributed by atoms with Crippen LogP contribution in [0, 0.1) is 0 Å². The lowest BCUT2D eigenvalue weighted by Gasteiger charge is -2.14. The van der Waals surface area contributed by atoms with Crippen LogP contribution in [0.3, 0.4) is 0 Å². The van der Waals surface area contributed by atoms with Crippen LogP contribution in [0.5, 0.6) is 0 Å². The molecule has 4 aromatic heterocycles. The van der Waals surface area contributed by atoms with Gasteiger partial charge < -0.3 is 18.0 Å². The van der Waals surface area contributed by atoms with Crippen LogP contribution >= 0.6 is 0 Å². The van der Waals surface area contributed by atoms with Crippen LogP contribution in [0.4, 0.5) is 0 Å². The first-order valence-electron chi connectivity index (χ1n) is 19.8. The molecule has 0 bridgehead atoms. The molecule has 13 aromatic rings. The molecule has 0 saturated carbocycles. The highest BCUT2D eigenvalue weighted by atomic mass is 16.3. The van der Waals surface area contributed by atoms with Crippen molar-refractivity contribution in [3.63, 3.8) is 0 Å². The fourth-order valence-electron chi connectivity index (χ4n) is 9.73. The van der Waals surface area contributed by atoms with Crippen molar-refractivity contribution in [3.05, 3.63) is 194 Å². The fourth-order valence-corrected chi connectivity index (χ4v) is 9.73. The van der Waals surface area contributed by atoms with Crippen LogP contribution < -0.4 is 0 Å². The minimum Gasteiger partial charge on any atom is -0.456 e. The summed E-state index contributed by atoms with van der Waals surface area (Å²) in [4.78, 5) is 0. The Hall–Kier alpha value is -7.82. The molecule has 0 aliphatic rings. The van der Waals surface area contributed by atoms with Gasteiger partial charge >= 0.3 is 0 Å². The molecule has 0 aliphatic heterocycles. The zero-order chi connectivity index (χ0) is 37.9. The Bertz CT molecular complexity index is 3800. The van der Waals surface area contributed by atoms with E-state index in [4.69, 9.17) is 8.83 Å². The van der Waals surface area contributed by atoms with E-state index < -0.39 is 0 Å². The molecule has 0 spiro atoms. The molecule has 0 N–H and O–H groups in total. The zero-order valence-electron chi connectivity index (χ0n) is 31.2. The van der Waals surface area contributed by atoms with Gasteiger partial charge in [-0.1, -0.05) is 127 Å². The van der Waals surface area contributed by atoms with Crippen molar-refractivity contribution in [3.8, 4) is 33.6 Å². The summed E-state index contributed by atoms with van der Waals surface area (Å²) in [6.45, 7) is 0. The van der Waals surface area contributed by atoms with Gasteiger partial charge in [0.2, 0.25) is 0 Å². The van der Waals surface area contributed by atoms with Gasteiger partial charge in [-0.15, -0.1) is 0 Å². The van der Waals surface area contributed by atoms with Crippen LogP contribution in [-0.4, -0.2) is 9.13 Å². The van der Waals surface area contributed by atoms with Gasteiger partial charge in [-0.2, -0.15) is 0 Å². The average molecular weight is 741 g/mol. The summed E-state index contributed by atoms with van der Waals surface area (Å²) >= 11 is 0. The number of benzene rings is 9. The lowest BCUT2D eigenvalue weighted by Crippen LogP contribution is -1.97. The molecule has 4 heterocycles. The van der Waals surface area contributed by atoms with E-state index in [9.17, 15) is 0 Å². The summed E-state index contributed by atoms with van der Waals surface area (Å²) in [5, 5.41) is 9.31. The lowest BCUT2D eigenvalue weighted by molar-refractivity contribution is 0.668. The summed E-state index contributed by atoms with van der Waals surface area (Å²) < 4.78 is 17.7. The largest absolute Gasteiger partial charge is 0.456 e. The van der Waals surface area contributed by atoms with Crippen LogP contribution in [0.2, 0.25) is 0 Å². The van der Waals surface area contributed by atoms with Crippen LogP contribution in [0.25, 0.3) is 121 Å². The first-order valence-corrected chi connectivity index (χ1v) is 19.8. The number of rotatable bonds is 4. The molecular formula is C54H32N2O2. The number of fused-ring (bicyclic) bond motifs is 13. The van der Waals surface area contributed by atoms with E-state index in [1.165, 1.54) is 43.8 Å². The van der Waals surface area contributed by atoms with E-state index in [0.29, 0.717) is 0 Å². The Kier molecular flexibility index (Phi) is 6.41. The minimum atomic E-state index is 0.873. The maximum absolute atomic E-state index is 6.48. The predicted molar refractivity (Wildman–Crippen MR) is 241 cm³/mol. The highest BCUT2D eigenvalue weighted by molar-refractivity contribution is 6.32. The van der Waals surface area contributed by atoms with Crippen LogP contribution in [-0.2, 0) is 0 Å². The molecule has 13 rings (SSSR count). The zero-order valence-corrected chi connectivity index (χ0v) is 31.2. The van der Waals surface area contributed by atoms with Crippen molar-refractivity contribution in [2.24, 2.45) is 0 Å². The quantitative estimate of drug-likeness (QED) is 0.180. The predicted octanol–water partition coefficient (Wildman–Crippen LogP) is 15.0. The molecule has 0 fully saturated rings. The van der Waals surface area contributed by atoms with Gasteiger partial charge in [0.05, 0.1) is 38.8 Å². The molecule has 0 saturated heterocycles. The second-order valence-corrected chi connectivity index (χ2v) is 15.2. The van der Waals surface area contributed by atoms with Crippen molar-refractivity contribution >= 4 is 87.5 Å². The van der Waals surface area contributed by atoms with E-state index in [1.807, 2.05) is 18.2 Å². The fraction of sp³-hybridized carbons (Fsp3) is 0. The van der Waals surface area contributed by atoms with E-state index in [1.54, 1.807) is 0 Å². The Labute approximate surface area is 332 Å². The molecule has 0 amide bonds. The number of nitrogens with zero attached hydrogens (tertiary/aromatic N) is 2. The first-order chi connectivity index (χ1) is 28.8. The molecule has 270 valence electrons. The van der Waals surface area contributed by atoms with Crippen LogP contribution in [0.15, 0.2) is 203 Å². The maximum Gasteiger partial charge on any atom is 0.137 e. The molecule has 0 atom stereocenters. The summed E-state index contributed by atoms with van der Waals surface area (Å²) in [6, 6.07) is 69.6. The van der Waals surface area contributed by atoms with Crippen molar-refractivity contribution in [2.75, 3.05) is 0 Å². The third kappa shape index (κ3) is 4.29. The molecule has 0 radical (unpaired) electrons. The van der Waals surface area contributed by atoms with E-state index in [0.717, 1.165) is 77.4 Å². The average Bonchev–Trinajstić information content (AvgIpc) is 4.04. The summed E-state index contributed by atoms with van der Waals surface area (Å²) in [5.41, 5.74) is 15.1. The molecule has 0 aliphatic carbocycles. The van der Waals surface area contributed by atoms with Crippen molar-refractivity contribution in [1.82, 2.24) is 9.13 Å². The lowest BCUT2D eigenvalue weighted by atomic mass is 9.96. The Morgan fingerprint density at radius 3 is 1.72 bits per heavy atom. The molecule has 4 nitrogen and oxygen atoms in total. The third-order valence-corrected chi connectivity index (χ3v) is 12.1. The van der Waals surface area contributed by atoms with Gasteiger partial charge in [0, 0.05) is 43.3 Å². The summed E-state index contributed by atoms with van der Waals surface area (Å²) in [7, 11) is 0. The van der Waals surface area contributed by atoms with E-state index in [-0.39, 0.29) is 0 Å². The molecule has 9 aromatic carbocycles.